The Morgan fingerprint density at radius 2 is 1.74 bits per heavy atom. The van der Waals surface area contributed by atoms with Crippen LogP contribution in [0.5, 0.6) is 0 Å². The first-order chi connectivity index (χ1) is 10.6. The van der Waals surface area contributed by atoms with E-state index >= 15 is 0 Å². The number of ether oxygens (including phenoxy) is 1. The zero-order chi connectivity index (χ0) is 18.0. The second kappa shape index (κ2) is 10.9. The largest absolute Gasteiger partial charge is 0.444 e. The van der Waals surface area contributed by atoms with E-state index in [0.29, 0.717) is 25.0 Å². The molecule has 0 radical (unpaired) electrons. The third-order valence-corrected chi connectivity index (χ3v) is 3.87. The number of hydrogen-bond donors (Lipinski definition) is 2. The summed E-state index contributed by atoms with van der Waals surface area (Å²) < 4.78 is 5.27. The van der Waals surface area contributed by atoms with Gasteiger partial charge in [0.05, 0.1) is 0 Å². The Kier molecular flexibility index (Phi) is 10.5. The smallest absolute Gasteiger partial charge is 0.407 e. The third-order valence-electron chi connectivity index (χ3n) is 3.87. The van der Waals surface area contributed by atoms with E-state index in [4.69, 9.17) is 10.5 Å². The molecular formula is C18H39N3O2. The summed E-state index contributed by atoms with van der Waals surface area (Å²) in [7, 11) is 0. The minimum atomic E-state index is -0.462. The quantitative estimate of drug-likeness (QED) is 0.645. The highest BCUT2D eigenvalue weighted by Crippen LogP contribution is 2.17. The average Bonchev–Trinajstić information content (AvgIpc) is 2.41. The van der Waals surface area contributed by atoms with Crippen molar-refractivity contribution in [3.05, 3.63) is 0 Å². The van der Waals surface area contributed by atoms with Gasteiger partial charge in [-0.15, -0.1) is 0 Å². The van der Waals surface area contributed by atoms with Crippen LogP contribution in [0.25, 0.3) is 0 Å². The molecular weight excluding hydrogens is 290 g/mol. The van der Waals surface area contributed by atoms with Crippen molar-refractivity contribution in [3.63, 3.8) is 0 Å². The Morgan fingerprint density at radius 3 is 2.13 bits per heavy atom. The molecule has 5 heteroatoms. The van der Waals surface area contributed by atoms with Gasteiger partial charge in [0.25, 0.3) is 0 Å². The molecule has 0 aliphatic rings. The van der Waals surface area contributed by atoms with Gasteiger partial charge in [-0.05, 0) is 46.0 Å². The lowest BCUT2D eigenvalue weighted by Crippen LogP contribution is -2.49. The first kappa shape index (κ1) is 22.2. The lowest BCUT2D eigenvalue weighted by atomic mass is 10.0. The zero-order valence-electron chi connectivity index (χ0n) is 16.3. The van der Waals surface area contributed by atoms with Gasteiger partial charge in [0.15, 0.2) is 0 Å². The molecule has 0 aromatic heterocycles. The molecule has 0 rings (SSSR count). The van der Waals surface area contributed by atoms with E-state index in [9.17, 15) is 4.79 Å². The van der Waals surface area contributed by atoms with Gasteiger partial charge in [-0.1, -0.05) is 27.7 Å². The molecule has 0 bridgehead atoms. The predicted octanol–water partition coefficient (Wildman–Crippen LogP) is 3.38. The summed E-state index contributed by atoms with van der Waals surface area (Å²) in [4.78, 5) is 14.3. The molecule has 0 aromatic rings. The van der Waals surface area contributed by atoms with E-state index in [2.05, 4.69) is 37.9 Å². The molecule has 1 atom stereocenters. The summed E-state index contributed by atoms with van der Waals surface area (Å²) in [6.07, 6.45) is 2.74. The number of rotatable bonds is 10. The highest BCUT2D eigenvalue weighted by atomic mass is 16.6. The molecule has 0 spiro atoms. The molecule has 0 saturated heterocycles. The maximum Gasteiger partial charge on any atom is 0.407 e. The summed E-state index contributed by atoms with van der Waals surface area (Å²) in [5.74, 6) is 0.600. The fourth-order valence-electron chi connectivity index (χ4n) is 2.85. The van der Waals surface area contributed by atoms with Crippen LogP contribution in [0, 0.1) is 5.92 Å². The van der Waals surface area contributed by atoms with E-state index in [-0.39, 0.29) is 12.1 Å². The first-order valence-corrected chi connectivity index (χ1v) is 9.07. The van der Waals surface area contributed by atoms with Crippen LogP contribution in [-0.2, 0) is 4.74 Å². The molecule has 0 aliphatic heterocycles. The molecule has 5 nitrogen and oxygen atoms in total. The highest BCUT2D eigenvalue weighted by molar-refractivity contribution is 5.67. The monoisotopic (exact) mass is 329 g/mol. The second-order valence-corrected chi connectivity index (χ2v) is 7.67. The van der Waals surface area contributed by atoms with Crippen LogP contribution in [0.1, 0.15) is 67.7 Å². The maximum atomic E-state index is 11.7. The number of carbonyl (C=O) groups excluding carboxylic acids is 1. The van der Waals surface area contributed by atoms with E-state index in [1.54, 1.807) is 0 Å². The lowest BCUT2D eigenvalue weighted by molar-refractivity contribution is 0.0515. The van der Waals surface area contributed by atoms with Crippen molar-refractivity contribution in [2.24, 2.45) is 11.7 Å². The minimum absolute atomic E-state index is 0.289. The number of nitrogens with two attached hydrogens (primary N) is 1. The molecule has 138 valence electrons. The van der Waals surface area contributed by atoms with Crippen molar-refractivity contribution in [1.82, 2.24) is 10.2 Å². The topological polar surface area (TPSA) is 67.6 Å². The highest BCUT2D eigenvalue weighted by Gasteiger charge is 2.24. The summed E-state index contributed by atoms with van der Waals surface area (Å²) in [5, 5.41) is 2.84. The van der Waals surface area contributed by atoms with Gasteiger partial charge >= 0.3 is 6.09 Å². The molecule has 0 fully saturated rings. The van der Waals surface area contributed by atoms with Crippen molar-refractivity contribution in [3.8, 4) is 0 Å². The molecule has 0 heterocycles. The Hall–Kier alpha value is -0.810. The van der Waals surface area contributed by atoms with Crippen LogP contribution in [0.2, 0.25) is 0 Å². The van der Waals surface area contributed by atoms with Crippen molar-refractivity contribution >= 4 is 6.09 Å². The molecule has 0 aromatic carbocycles. The third kappa shape index (κ3) is 9.82. The van der Waals surface area contributed by atoms with Crippen molar-refractivity contribution in [1.29, 1.82) is 0 Å². The van der Waals surface area contributed by atoms with Gasteiger partial charge in [-0.3, -0.25) is 4.90 Å². The van der Waals surface area contributed by atoms with E-state index < -0.39 is 5.60 Å². The van der Waals surface area contributed by atoms with Gasteiger partial charge in [-0.25, -0.2) is 4.79 Å². The zero-order valence-corrected chi connectivity index (χ0v) is 16.3. The number of nitrogens with zero attached hydrogens (tertiary/aromatic N) is 1. The Balaban J connectivity index is 4.59. The van der Waals surface area contributed by atoms with Crippen LogP contribution in [0.15, 0.2) is 0 Å². The van der Waals surface area contributed by atoms with Crippen LogP contribution >= 0.6 is 0 Å². The van der Waals surface area contributed by atoms with Crippen LogP contribution < -0.4 is 11.1 Å². The standard InChI is InChI=1S/C18H39N3O2/c1-8-15(9-2)21(13-14(3)4)16(12-19)10-11-20-17(22)23-18(5,6)7/h14-16H,8-13,19H2,1-7H3,(H,20,22). The van der Waals surface area contributed by atoms with Crippen molar-refractivity contribution in [2.75, 3.05) is 19.6 Å². The average molecular weight is 330 g/mol. The summed E-state index contributed by atoms with van der Waals surface area (Å²) >= 11 is 0. The van der Waals surface area contributed by atoms with Gasteiger partial charge in [0, 0.05) is 31.7 Å². The number of carbonyl (C=O) groups is 1. The van der Waals surface area contributed by atoms with Gasteiger partial charge in [0.1, 0.15) is 5.60 Å². The number of alkyl carbamates (subject to hydrolysis) is 1. The van der Waals surface area contributed by atoms with Gasteiger partial charge in [-0.2, -0.15) is 0 Å². The Bertz CT molecular complexity index is 323. The Morgan fingerprint density at radius 1 is 1.17 bits per heavy atom. The van der Waals surface area contributed by atoms with E-state index in [1.165, 1.54) is 0 Å². The maximum absolute atomic E-state index is 11.7. The van der Waals surface area contributed by atoms with E-state index in [1.807, 2.05) is 20.8 Å². The summed E-state index contributed by atoms with van der Waals surface area (Å²) in [6, 6.07) is 0.838. The lowest BCUT2D eigenvalue weighted by Gasteiger charge is -2.38. The number of amides is 1. The van der Waals surface area contributed by atoms with E-state index in [0.717, 1.165) is 25.8 Å². The summed E-state index contributed by atoms with van der Waals surface area (Å²) in [6.45, 7) is 16.8. The SMILES string of the molecule is CCC(CC)N(CC(C)C)C(CN)CCNC(=O)OC(C)(C)C. The Labute approximate surface area is 143 Å². The number of hydrogen-bond acceptors (Lipinski definition) is 4. The fourth-order valence-corrected chi connectivity index (χ4v) is 2.85. The predicted molar refractivity (Wildman–Crippen MR) is 97.6 cm³/mol. The first-order valence-electron chi connectivity index (χ1n) is 9.07. The van der Waals surface area contributed by atoms with Gasteiger partial charge in [0.2, 0.25) is 0 Å². The van der Waals surface area contributed by atoms with Crippen LogP contribution in [0.4, 0.5) is 4.79 Å². The summed E-state index contributed by atoms with van der Waals surface area (Å²) in [5.41, 5.74) is 5.57. The molecule has 0 aliphatic carbocycles. The molecule has 1 amide bonds. The van der Waals surface area contributed by atoms with Crippen LogP contribution in [-0.4, -0.2) is 48.3 Å². The number of nitrogens with one attached hydrogen (secondary N) is 1. The minimum Gasteiger partial charge on any atom is -0.444 e. The molecule has 3 N–H and O–H groups in total. The normalized spacial score (nSPS) is 13.7. The molecule has 1 unspecified atom stereocenters. The van der Waals surface area contributed by atoms with Gasteiger partial charge < -0.3 is 15.8 Å². The van der Waals surface area contributed by atoms with Crippen molar-refractivity contribution < 1.29 is 9.53 Å². The second-order valence-electron chi connectivity index (χ2n) is 7.67. The molecule has 0 saturated carbocycles. The molecule has 23 heavy (non-hydrogen) atoms. The van der Waals surface area contributed by atoms with Crippen molar-refractivity contribution in [2.45, 2.75) is 85.4 Å². The van der Waals surface area contributed by atoms with Crippen LogP contribution in [0.3, 0.4) is 0 Å². The fraction of sp³-hybridized carbons (Fsp3) is 0.944.